The molecule has 0 aliphatic carbocycles. The lowest BCUT2D eigenvalue weighted by molar-refractivity contribution is 0.0950. The van der Waals surface area contributed by atoms with Crippen LogP contribution in [0.4, 0.5) is 0 Å². The highest BCUT2D eigenvalue weighted by atomic mass is 79.9. The van der Waals surface area contributed by atoms with Crippen molar-refractivity contribution < 1.29 is 9.53 Å². The Hall–Kier alpha value is -1.81. The number of halogens is 1. The first-order chi connectivity index (χ1) is 11.6. The topological polar surface area (TPSA) is 38.3 Å². The zero-order valence-corrected chi connectivity index (χ0v) is 15.8. The highest BCUT2D eigenvalue weighted by Crippen LogP contribution is 2.23. The van der Waals surface area contributed by atoms with Crippen molar-refractivity contribution in [2.45, 2.75) is 26.7 Å². The number of hydrogen-bond donors (Lipinski definition) is 1. The number of nitrogens with one attached hydrogen (secondary N) is 1. The van der Waals surface area contributed by atoms with Crippen LogP contribution in [0.1, 0.15) is 36.2 Å². The number of carbonyl (C=O) groups is 1. The van der Waals surface area contributed by atoms with Crippen LogP contribution >= 0.6 is 15.9 Å². The minimum Gasteiger partial charge on any atom is -0.493 e. The van der Waals surface area contributed by atoms with Crippen LogP contribution in [-0.2, 0) is 6.42 Å². The second-order valence-electron chi connectivity index (χ2n) is 6.16. The molecule has 1 N–H and O–H groups in total. The zero-order chi connectivity index (χ0) is 17.4. The third kappa shape index (κ3) is 6.00. The number of benzene rings is 2. The van der Waals surface area contributed by atoms with E-state index >= 15 is 0 Å². The van der Waals surface area contributed by atoms with Gasteiger partial charge in [0.15, 0.2) is 0 Å². The van der Waals surface area contributed by atoms with Crippen LogP contribution in [0.3, 0.4) is 0 Å². The summed E-state index contributed by atoms with van der Waals surface area (Å²) >= 11 is 3.43. The lowest BCUT2D eigenvalue weighted by atomic mass is 10.1. The number of hydrogen-bond acceptors (Lipinski definition) is 2. The molecule has 0 saturated heterocycles. The van der Waals surface area contributed by atoms with Gasteiger partial charge in [-0.05, 0) is 42.5 Å². The summed E-state index contributed by atoms with van der Waals surface area (Å²) in [5.41, 5.74) is 1.78. The van der Waals surface area contributed by atoms with Gasteiger partial charge in [-0.3, -0.25) is 4.79 Å². The fourth-order valence-electron chi connectivity index (χ4n) is 2.27. The summed E-state index contributed by atoms with van der Waals surface area (Å²) in [6.45, 7) is 5.52. The molecule has 0 saturated carbocycles. The van der Waals surface area contributed by atoms with Gasteiger partial charge in [0.1, 0.15) is 5.75 Å². The van der Waals surface area contributed by atoms with Gasteiger partial charge in [0.25, 0.3) is 5.91 Å². The molecule has 0 atom stereocenters. The molecule has 0 unspecified atom stereocenters. The van der Waals surface area contributed by atoms with Gasteiger partial charge in [-0.15, -0.1) is 0 Å². The van der Waals surface area contributed by atoms with Gasteiger partial charge in [-0.2, -0.15) is 0 Å². The number of ether oxygens (including phenoxy) is 1. The predicted molar refractivity (Wildman–Crippen MR) is 102 cm³/mol. The van der Waals surface area contributed by atoms with E-state index in [1.165, 1.54) is 5.56 Å². The Balaban J connectivity index is 1.95. The first-order valence-corrected chi connectivity index (χ1v) is 9.10. The molecule has 0 fully saturated rings. The van der Waals surface area contributed by atoms with Gasteiger partial charge in [0.05, 0.1) is 12.2 Å². The van der Waals surface area contributed by atoms with Crippen molar-refractivity contribution in [1.82, 2.24) is 5.32 Å². The van der Waals surface area contributed by atoms with Gasteiger partial charge in [-0.1, -0.05) is 60.1 Å². The molecule has 0 spiro atoms. The maximum Gasteiger partial charge on any atom is 0.255 e. The molecule has 2 rings (SSSR count). The molecule has 0 aromatic heterocycles. The quantitative estimate of drug-likeness (QED) is 0.700. The van der Waals surface area contributed by atoms with Gasteiger partial charge in [-0.25, -0.2) is 0 Å². The highest BCUT2D eigenvalue weighted by molar-refractivity contribution is 9.10. The minimum atomic E-state index is -0.105. The van der Waals surface area contributed by atoms with Crippen molar-refractivity contribution in [2.75, 3.05) is 13.2 Å². The second-order valence-corrected chi connectivity index (χ2v) is 7.08. The summed E-state index contributed by atoms with van der Waals surface area (Å²) in [6, 6.07) is 15.7. The molecule has 0 bridgehead atoms. The van der Waals surface area contributed by atoms with Crippen molar-refractivity contribution in [2.24, 2.45) is 5.92 Å². The molecule has 1 amide bonds. The molecule has 2 aromatic carbocycles. The smallest absolute Gasteiger partial charge is 0.255 e. The van der Waals surface area contributed by atoms with E-state index in [-0.39, 0.29) is 5.91 Å². The van der Waals surface area contributed by atoms with E-state index in [0.29, 0.717) is 30.4 Å². The largest absolute Gasteiger partial charge is 0.493 e. The first-order valence-electron chi connectivity index (χ1n) is 8.30. The summed E-state index contributed by atoms with van der Waals surface area (Å²) in [5.74, 6) is 1.10. The van der Waals surface area contributed by atoms with Crippen molar-refractivity contribution >= 4 is 21.8 Å². The molecule has 2 aromatic rings. The SMILES string of the molecule is CC(C)CCOc1ccc(Br)cc1C(=O)NCCc1ccccc1. The lowest BCUT2D eigenvalue weighted by Gasteiger charge is -2.13. The van der Waals surface area contributed by atoms with E-state index in [2.05, 4.69) is 47.2 Å². The molecule has 0 heterocycles. The summed E-state index contributed by atoms with van der Waals surface area (Å²) in [6.07, 6.45) is 1.77. The van der Waals surface area contributed by atoms with Crippen molar-refractivity contribution in [3.05, 3.63) is 64.1 Å². The Morgan fingerprint density at radius 3 is 2.62 bits per heavy atom. The van der Waals surface area contributed by atoms with Gasteiger partial charge in [0, 0.05) is 11.0 Å². The third-order valence-electron chi connectivity index (χ3n) is 3.68. The number of rotatable bonds is 8. The summed E-state index contributed by atoms with van der Waals surface area (Å²) in [4.78, 5) is 12.5. The first kappa shape index (κ1) is 18.5. The Labute approximate surface area is 152 Å². The van der Waals surface area contributed by atoms with Crippen LogP contribution in [0.15, 0.2) is 53.0 Å². The van der Waals surface area contributed by atoms with E-state index in [1.54, 1.807) is 0 Å². The van der Waals surface area contributed by atoms with Gasteiger partial charge >= 0.3 is 0 Å². The molecule has 0 aliphatic heterocycles. The van der Waals surface area contributed by atoms with Gasteiger partial charge < -0.3 is 10.1 Å². The van der Waals surface area contributed by atoms with Crippen LogP contribution in [0, 0.1) is 5.92 Å². The maximum absolute atomic E-state index is 12.5. The van der Waals surface area contributed by atoms with Crippen LogP contribution in [0.25, 0.3) is 0 Å². The normalized spacial score (nSPS) is 10.7. The molecule has 0 radical (unpaired) electrons. The van der Waals surface area contributed by atoms with E-state index in [1.807, 2.05) is 36.4 Å². The molecular formula is C20H24BrNO2. The maximum atomic E-state index is 12.5. The van der Waals surface area contributed by atoms with Crippen molar-refractivity contribution in [3.63, 3.8) is 0 Å². The lowest BCUT2D eigenvalue weighted by Crippen LogP contribution is -2.26. The fourth-order valence-corrected chi connectivity index (χ4v) is 2.63. The fraction of sp³-hybridized carbons (Fsp3) is 0.350. The van der Waals surface area contributed by atoms with E-state index < -0.39 is 0 Å². The summed E-state index contributed by atoms with van der Waals surface area (Å²) in [5, 5.41) is 2.97. The monoisotopic (exact) mass is 389 g/mol. The average molecular weight is 390 g/mol. The van der Waals surface area contributed by atoms with Crippen LogP contribution < -0.4 is 10.1 Å². The Bertz CT molecular complexity index is 656. The third-order valence-corrected chi connectivity index (χ3v) is 4.17. The highest BCUT2D eigenvalue weighted by Gasteiger charge is 2.13. The molecule has 0 aliphatic rings. The molecule has 3 nitrogen and oxygen atoms in total. The van der Waals surface area contributed by atoms with Crippen molar-refractivity contribution in [1.29, 1.82) is 0 Å². The number of carbonyl (C=O) groups excluding carboxylic acids is 1. The van der Waals surface area contributed by atoms with E-state index in [0.717, 1.165) is 17.3 Å². The minimum absolute atomic E-state index is 0.105. The van der Waals surface area contributed by atoms with E-state index in [4.69, 9.17) is 4.74 Å². The molecule has 4 heteroatoms. The van der Waals surface area contributed by atoms with Crippen LogP contribution in [0.2, 0.25) is 0 Å². The Morgan fingerprint density at radius 1 is 1.17 bits per heavy atom. The zero-order valence-electron chi connectivity index (χ0n) is 14.2. The van der Waals surface area contributed by atoms with Crippen LogP contribution in [-0.4, -0.2) is 19.1 Å². The summed E-state index contributed by atoms with van der Waals surface area (Å²) < 4.78 is 6.67. The van der Waals surface area contributed by atoms with Gasteiger partial charge in [0.2, 0.25) is 0 Å². The Morgan fingerprint density at radius 2 is 1.92 bits per heavy atom. The molecular weight excluding hydrogens is 366 g/mol. The predicted octanol–water partition coefficient (Wildman–Crippen LogP) is 4.85. The van der Waals surface area contributed by atoms with E-state index in [9.17, 15) is 4.79 Å². The second kappa shape index (κ2) is 9.48. The molecule has 128 valence electrons. The Kier molecular flexibility index (Phi) is 7.32. The van der Waals surface area contributed by atoms with Crippen molar-refractivity contribution in [3.8, 4) is 5.75 Å². The van der Waals surface area contributed by atoms with Crippen LogP contribution in [0.5, 0.6) is 5.75 Å². The number of amides is 1. The average Bonchev–Trinajstić information content (AvgIpc) is 2.56. The standard InChI is InChI=1S/C20H24BrNO2/c1-15(2)11-13-24-19-9-8-17(21)14-18(19)20(23)22-12-10-16-6-4-3-5-7-16/h3-9,14-15H,10-13H2,1-2H3,(H,22,23). The summed E-state index contributed by atoms with van der Waals surface area (Å²) in [7, 11) is 0. The molecule has 24 heavy (non-hydrogen) atoms.